The highest BCUT2D eigenvalue weighted by molar-refractivity contribution is 5.71. The zero-order valence-corrected chi connectivity index (χ0v) is 9.67. The van der Waals surface area contributed by atoms with Crippen LogP contribution in [0, 0.1) is 11.6 Å². The van der Waals surface area contributed by atoms with E-state index in [9.17, 15) is 13.6 Å². The van der Waals surface area contributed by atoms with E-state index in [1.54, 1.807) is 0 Å². The van der Waals surface area contributed by atoms with E-state index in [1.807, 2.05) is 0 Å². The maximum atomic E-state index is 13.5. The Morgan fingerprint density at radius 2 is 2.06 bits per heavy atom. The summed E-state index contributed by atoms with van der Waals surface area (Å²) in [5.41, 5.74) is 5.19. The van der Waals surface area contributed by atoms with Gasteiger partial charge in [0.25, 0.3) is 0 Å². The Kier molecular flexibility index (Phi) is 4.25. The zero-order valence-electron chi connectivity index (χ0n) is 9.67. The van der Waals surface area contributed by atoms with Crippen LogP contribution in [0.2, 0.25) is 0 Å². The summed E-state index contributed by atoms with van der Waals surface area (Å²) in [6, 6.07) is 1.43. The molecule has 0 unspecified atom stereocenters. The highest BCUT2D eigenvalue weighted by Crippen LogP contribution is 2.21. The van der Waals surface area contributed by atoms with Crippen molar-refractivity contribution in [2.75, 3.05) is 20.7 Å². The van der Waals surface area contributed by atoms with Crippen molar-refractivity contribution < 1.29 is 18.3 Å². The fourth-order valence-corrected chi connectivity index (χ4v) is 1.32. The summed E-state index contributed by atoms with van der Waals surface area (Å²) in [5, 5.41) is 0. The number of benzene rings is 1. The van der Waals surface area contributed by atoms with Gasteiger partial charge >= 0.3 is 6.03 Å². The Hall–Kier alpha value is -1.85. The normalized spacial score (nSPS) is 10.1. The largest absolute Gasteiger partial charge is 0.494 e. The molecule has 1 rings (SSSR count). The standard InChI is InChI=1S/C11H14F2N2O2/c1-15(11(14)16)4-3-7-5-9(13)10(17-2)6-8(7)12/h5-6H,3-4H2,1-2H3,(H2,14,16). The zero-order chi connectivity index (χ0) is 13.0. The van der Waals surface area contributed by atoms with E-state index >= 15 is 0 Å². The Morgan fingerprint density at radius 3 is 2.59 bits per heavy atom. The lowest BCUT2D eigenvalue weighted by Gasteiger charge is -2.14. The van der Waals surface area contributed by atoms with Gasteiger partial charge in [0, 0.05) is 19.7 Å². The smallest absolute Gasteiger partial charge is 0.314 e. The topological polar surface area (TPSA) is 55.6 Å². The van der Waals surface area contributed by atoms with Gasteiger partial charge in [-0.1, -0.05) is 0 Å². The number of methoxy groups -OCH3 is 1. The molecule has 94 valence electrons. The number of nitrogens with two attached hydrogens (primary N) is 1. The van der Waals surface area contributed by atoms with Gasteiger partial charge in [-0.2, -0.15) is 0 Å². The predicted octanol–water partition coefficient (Wildman–Crippen LogP) is 1.53. The van der Waals surface area contributed by atoms with E-state index in [0.29, 0.717) is 0 Å². The third-order valence-corrected chi connectivity index (χ3v) is 2.41. The number of urea groups is 1. The lowest BCUT2D eigenvalue weighted by Crippen LogP contribution is -2.33. The van der Waals surface area contributed by atoms with Crippen molar-refractivity contribution in [2.24, 2.45) is 5.73 Å². The molecule has 0 saturated heterocycles. The number of hydrogen-bond donors (Lipinski definition) is 1. The quantitative estimate of drug-likeness (QED) is 0.873. The molecule has 0 heterocycles. The van der Waals surface area contributed by atoms with Crippen molar-refractivity contribution in [1.29, 1.82) is 0 Å². The van der Waals surface area contributed by atoms with Crippen molar-refractivity contribution in [3.05, 3.63) is 29.3 Å². The number of amides is 2. The first-order valence-corrected chi connectivity index (χ1v) is 4.98. The average molecular weight is 244 g/mol. The Bertz CT molecular complexity index is 424. The van der Waals surface area contributed by atoms with Crippen LogP contribution in [0.3, 0.4) is 0 Å². The number of carbonyl (C=O) groups excluding carboxylic acids is 1. The maximum absolute atomic E-state index is 13.5. The van der Waals surface area contributed by atoms with Crippen molar-refractivity contribution in [3.63, 3.8) is 0 Å². The summed E-state index contributed by atoms with van der Waals surface area (Å²) >= 11 is 0. The molecule has 6 heteroatoms. The van der Waals surface area contributed by atoms with Crippen LogP contribution in [0.25, 0.3) is 0 Å². The number of primary amides is 1. The number of rotatable bonds is 4. The third kappa shape index (κ3) is 3.30. The van der Waals surface area contributed by atoms with Crippen LogP contribution in [0.1, 0.15) is 5.56 Å². The van der Waals surface area contributed by atoms with Gasteiger partial charge in [-0.3, -0.25) is 0 Å². The first kappa shape index (κ1) is 13.2. The SMILES string of the molecule is COc1cc(F)c(CCN(C)C(N)=O)cc1F. The molecule has 2 N–H and O–H groups in total. The van der Waals surface area contributed by atoms with E-state index in [-0.39, 0.29) is 24.3 Å². The Morgan fingerprint density at radius 1 is 1.41 bits per heavy atom. The summed E-state index contributed by atoms with van der Waals surface area (Å²) in [4.78, 5) is 12.0. The Balaban J connectivity index is 2.78. The molecule has 0 spiro atoms. The highest BCUT2D eigenvalue weighted by Gasteiger charge is 2.11. The molecule has 2 amide bonds. The van der Waals surface area contributed by atoms with Gasteiger partial charge in [-0.05, 0) is 18.1 Å². The van der Waals surface area contributed by atoms with E-state index in [1.165, 1.54) is 19.1 Å². The molecule has 4 nitrogen and oxygen atoms in total. The van der Waals surface area contributed by atoms with Crippen LogP contribution in [0.4, 0.5) is 13.6 Å². The molecule has 0 fully saturated rings. The molecular formula is C11H14F2N2O2. The lowest BCUT2D eigenvalue weighted by molar-refractivity contribution is 0.219. The predicted molar refractivity (Wildman–Crippen MR) is 58.8 cm³/mol. The minimum absolute atomic E-state index is 0.144. The fourth-order valence-electron chi connectivity index (χ4n) is 1.32. The summed E-state index contributed by atoms with van der Waals surface area (Å²) < 4.78 is 31.4. The molecular weight excluding hydrogens is 230 g/mol. The second kappa shape index (κ2) is 5.47. The van der Waals surface area contributed by atoms with Gasteiger partial charge < -0.3 is 15.4 Å². The second-order valence-electron chi connectivity index (χ2n) is 3.59. The molecule has 1 aromatic carbocycles. The number of likely N-dealkylation sites (N-methyl/N-ethyl adjacent to an activating group) is 1. The van der Waals surface area contributed by atoms with Gasteiger partial charge in [0.05, 0.1) is 7.11 Å². The van der Waals surface area contributed by atoms with Crippen molar-refractivity contribution in [3.8, 4) is 5.75 Å². The fraction of sp³-hybridized carbons (Fsp3) is 0.364. The van der Waals surface area contributed by atoms with Gasteiger partial charge in [-0.15, -0.1) is 0 Å². The highest BCUT2D eigenvalue weighted by atomic mass is 19.1. The van der Waals surface area contributed by atoms with Crippen LogP contribution in [0.15, 0.2) is 12.1 Å². The monoisotopic (exact) mass is 244 g/mol. The van der Waals surface area contributed by atoms with Gasteiger partial charge in [0.2, 0.25) is 0 Å². The summed E-state index contributed by atoms with van der Waals surface area (Å²) in [6.45, 7) is 0.220. The Labute approximate surface area is 98.0 Å². The van der Waals surface area contributed by atoms with E-state index in [4.69, 9.17) is 5.73 Å². The second-order valence-corrected chi connectivity index (χ2v) is 3.59. The average Bonchev–Trinajstić information content (AvgIpc) is 2.29. The summed E-state index contributed by atoms with van der Waals surface area (Å²) in [7, 11) is 2.75. The number of carbonyl (C=O) groups is 1. The number of halogens is 2. The minimum Gasteiger partial charge on any atom is -0.494 e. The van der Waals surface area contributed by atoms with Crippen molar-refractivity contribution in [2.45, 2.75) is 6.42 Å². The molecule has 1 aromatic rings. The number of ether oxygens (including phenoxy) is 1. The van der Waals surface area contributed by atoms with Gasteiger partial charge in [-0.25, -0.2) is 13.6 Å². The van der Waals surface area contributed by atoms with Crippen LogP contribution in [-0.2, 0) is 6.42 Å². The van der Waals surface area contributed by atoms with Crippen LogP contribution >= 0.6 is 0 Å². The van der Waals surface area contributed by atoms with E-state index < -0.39 is 17.7 Å². The molecule has 0 aromatic heterocycles. The van der Waals surface area contributed by atoms with Crippen molar-refractivity contribution in [1.82, 2.24) is 4.90 Å². The molecule has 0 aliphatic rings. The van der Waals surface area contributed by atoms with Crippen molar-refractivity contribution >= 4 is 6.03 Å². The number of hydrogen-bond acceptors (Lipinski definition) is 2. The number of nitrogens with zero attached hydrogens (tertiary/aromatic N) is 1. The van der Waals surface area contributed by atoms with Crippen LogP contribution in [-0.4, -0.2) is 31.6 Å². The van der Waals surface area contributed by atoms with Crippen LogP contribution in [0.5, 0.6) is 5.75 Å². The molecule has 0 atom stereocenters. The maximum Gasteiger partial charge on any atom is 0.314 e. The lowest BCUT2D eigenvalue weighted by atomic mass is 10.1. The molecule has 0 bridgehead atoms. The summed E-state index contributed by atoms with van der Waals surface area (Å²) in [6.07, 6.45) is 0.187. The first-order valence-electron chi connectivity index (χ1n) is 4.98. The molecule has 0 aliphatic heterocycles. The molecule has 0 saturated carbocycles. The first-order chi connectivity index (χ1) is 7.95. The van der Waals surface area contributed by atoms with Crippen LogP contribution < -0.4 is 10.5 Å². The third-order valence-electron chi connectivity index (χ3n) is 2.41. The van der Waals surface area contributed by atoms with Gasteiger partial charge in [0.15, 0.2) is 11.6 Å². The summed E-state index contributed by atoms with van der Waals surface area (Å²) in [5.74, 6) is -1.35. The van der Waals surface area contributed by atoms with Gasteiger partial charge in [0.1, 0.15) is 5.82 Å². The van der Waals surface area contributed by atoms with E-state index in [0.717, 1.165) is 12.1 Å². The molecule has 17 heavy (non-hydrogen) atoms. The minimum atomic E-state index is -0.634. The molecule has 0 aliphatic carbocycles. The van der Waals surface area contributed by atoms with E-state index in [2.05, 4.69) is 4.74 Å². The molecule has 0 radical (unpaired) electrons.